The van der Waals surface area contributed by atoms with E-state index in [1.807, 2.05) is 81.4 Å². The number of hydrogen-bond donors (Lipinski definition) is 0. The van der Waals surface area contributed by atoms with Gasteiger partial charge < -0.3 is 4.74 Å². The lowest BCUT2D eigenvalue weighted by molar-refractivity contribution is -0.121. The van der Waals surface area contributed by atoms with Crippen LogP contribution in [0.25, 0.3) is 6.08 Å². The van der Waals surface area contributed by atoms with E-state index >= 15 is 0 Å². The number of benzene rings is 2. The van der Waals surface area contributed by atoms with Crippen molar-refractivity contribution in [3.63, 3.8) is 0 Å². The van der Waals surface area contributed by atoms with Gasteiger partial charge in [0.25, 0.3) is 0 Å². The van der Waals surface area contributed by atoms with Crippen LogP contribution in [0.3, 0.4) is 0 Å². The van der Waals surface area contributed by atoms with Crippen LogP contribution in [-0.2, 0) is 11.4 Å². The van der Waals surface area contributed by atoms with E-state index in [0.29, 0.717) is 6.61 Å². The molecule has 22 heavy (non-hydrogen) atoms. The first-order valence-electron chi connectivity index (χ1n) is 7.44. The van der Waals surface area contributed by atoms with Crippen LogP contribution >= 0.6 is 0 Å². The Morgan fingerprint density at radius 1 is 1.05 bits per heavy atom. The molecule has 114 valence electrons. The van der Waals surface area contributed by atoms with Crippen LogP contribution in [0.1, 0.15) is 31.9 Å². The number of carbonyl (C=O) groups is 1. The zero-order chi connectivity index (χ0) is 16.0. The van der Waals surface area contributed by atoms with Gasteiger partial charge in [0.05, 0.1) is 0 Å². The Kier molecular flexibility index (Phi) is 5.16. The van der Waals surface area contributed by atoms with Crippen LogP contribution in [0.2, 0.25) is 0 Å². The van der Waals surface area contributed by atoms with Crippen molar-refractivity contribution in [1.29, 1.82) is 0 Å². The summed E-state index contributed by atoms with van der Waals surface area (Å²) in [6, 6.07) is 17.8. The Hall–Kier alpha value is -2.35. The van der Waals surface area contributed by atoms with Crippen molar-refractivity contribution in [3.8, 4) is 5.75 Å². The van der Waals surface area contributed by atoms with E-state index in [0.717, 1.165) is 16.9 Å². The molecule has 2 rings (SSSR count). The molecule has 0 aromatic heterocycles. The van der Waals surface area contributed by atoms with Gasteiger partial charge in [-0.3, -0.25) is 4.79 Å². The van der Waals surface area contributed by atoms with Crippen molar-refractivity contribution in [2.45, 2.75) is 27.4 Å². The smallest absolute Gasteiger partial charge is 0.161 e. The molecule has 0 fully saturated rings. The first-order valence-corrected chi connectivity index (χ1v) is 7.44. The van der Waals surface area contributed by atoms with Gasteiger partial charge in [0.15, 0.2) is 5.78 Å². The Balaban J connectivity index is 2.01. The van der Waals surface area contributed by atoms with E-state index in [2.05, 4.69) is 0 Å². The van der Waals surface area contributed by atoms with E-state index < -0.39 is 0 Å². The van der Waals surface area contributed by atoms with Gasteiger partial charge in [-0.15, -0.1) is 0 Å². The van der Waals surface area contributed by atoms with E-state index in [1.165, 1.54) is 0 Å². The van der Waals surface area contributed by atoms with E-state index in [1.54, 1.807) is 6.08 Å². The molecule has 0 amide bonds. The van der Waals surface area contributed by atoms with Gasteiger partial charge in [0, 0.05) is 5.41 Å². The lowest BCUT2D eigenvalue weighted by Crippen LogP contribution is -2.17. The van der Waals surface area contributed by atoms with Crippen LogP contribution in [0.5, 0.6) is 5.75 Å². The first kappa shape index (κ1) is 16.0. The van der Waals surface area contributed by atoms with Gasteiger partial charge in [-0.25, -0.2) is 0 Å². The second-order valence-electron chi connectivity index (χ2n) is 6.29. The Morgan fingerprint density at radius 2 is 1.77 bits per heavy atom. The molecule has 0 saturated carbocycles. The minimum absolute atomic E-state index is 0.114. The zero-order valence-electron chi connectivity index (χ0n) is 13.4. The highest BCUT2D eigenvalue weighted by Crippen LogP contribution is 2.19. The van der Waals surface area contributed by atoms with Crippen LogP contribution in [0, 0.1) is 5.41 Å². The van der Waals surface area contributed by atoms with Gasteiger partial charge >= 0.3 is 0 Å². The monoisotopic (exact) mass is 294 g/mol. The van der Waals surface area contributed by atoms with Gasteiger partial charge in [0.1, 0.15) is 12.4 Å². The summed E-state index contributed by atoms with van der Waals surface area (Å²) in [5.74, 6) is 0.914. The average molecular weight is 294 g/mol. The quantitative estimate of drug-likeness (QED) is 0.734. The normalized spacial score (nSPS) is 11.6. The Labute approximate surface area is 132 Å². The van der Waals surface area contributed by atoms with Gasteiger partial charge in [0.2, 0.25) is 0 Å². The minimum Gasteiger partial charge on any atom is -0.489 e. The second kappa shape index (κ2) is 7.08. The van der Waals surface area contributed by atoms with Crippen molar-refractivity contribution in [1.82, 2.24) is 0 Å². The summed E-state index contributed by atoms with van der Waals surface area (Å²) in [5.41, 5.74) is 1.74. The average Bonchev–Trinajstić information content (AvgIpc) is 2.51. The number of rotatable bonds is 5. The van der Waals surface area contributed by atoms with Crippen LogP contribution in [0.15, 0.2) is 60.7 Å². The summed E-state index contributed by atoms with van der Waals surface area (Å²) in [7, 11) is 0. The molecule has 0 aliphatic rings. The highest BCUT2D eigenvalue weighted by Gasteiger charge is 2.17. The fraction of sp³-hybridized carbons (Fsp3) is 0.250. The fourth-order valence-electron chi connectivity index (χ4n) is 1.87. The van der Waals surface area contributed by atoms with Crippen molar-refractivity contribution < 1.29 is 9.53 Å². The molecule has 2 aromatic rings. The summed E-state index contributed by atoms with van der Waals surface area (Å²) in [6.45, 7) is 6.28. The maximum Gasteiger partial charge on any atom is 0.161 e. The molecule has 0 bridgehead atoms. The maximum absolute atomic E-state index is 11.9. The lowest BCUT2D eigenvalue weighted by Gasteiger charge is -2.13. The molecule has 2 nitrogen and oxygen atoms in total. The summed E-state index contributed by atoms with van der Waals surface area (Å²) >= 11 is 0. The Bertz CT molecular complexity index is 649. The summed E-state index contributed by atoms with van der Waals surface area (Å²) in [6.07, 6.45) is 3.47. The summed E-state index contributed by atoms with van der Waals surface area (Å²) < 4.78 is 5.79. The van der Waals surface area contributed by atoms with Crippen LogP contribution < -0.4 is 4.74 Å². The van der Waals surface area contributed by atoms with E-state index in [4.69, 9.17) is 4.74 Å². The third kappa shape index (κ3) is 4.88. The topological polar surface area (TPSA) is 26.3 Å². The number of ether oxygens (including phenoxy) is 1. The maximum atomic E-state index is 11.9. The van der Waals surface area contributed by atoms with E-state index in [9.17, 15) is 4.79 Å². The molecular weight excluding hydrogens is 272 g/mol. The molecule has 0 aliphatic carbocycles. The minimum atomic E-state index is -0.349. The van der Waals surface area contributed by atoms with Crippen molar-refractivity contribution in [3.05, 3.63) is 71.8 Å². The second-order valence-corrected chi connectivity index (χ2v) is 6.29. The van der Waals surface area contributed by atoms with Crippen molar-refractivity contribution in [2.24, 2.45) is 5.41 Å². The highest BCUT2D eigenvalue weighted by molar-refractivity contribution is 5.97. The number of ketones is 1. The predicted octanol–water partition coefficient (Wildman–Crippen LogP) is 4.89. The molecule has 2 heteroatoms. The molecule has 0 unspecified atom stereocenters. The van der Waals surface area contributed by atoms with Gasteiger partial charge in [-0.05, 0) is 29.3 Å². The molecule has 0 spiro atoms. The van der Waals surface area contributed by atoms with Gasteiger partial charge in [-0.1, -0.05) is 69.3 Å². The van der Waals surface area contributed by atoms with Gasteiger partial charge in [-0.2, -0.15) is 0 Å². The lowest BCUT2D eigenvalue weighted by atomic mass is 9.90. The molecule has 0 saturated heterocycles. The standard InChI is InChI=1S/C20H22O2/c1-20(2,3)19(21)13-12-16-10-7-11-18(14-16)22-15-17-8-5-4-6-9-17/h4-14H,15H2,1-3H3/b13-12+. The zero-order valence-corrected chi connectivity index (χ0v) is 13.4. The molecule has 0 aliphatic heterocycles. The summed E-state index contributed by atoms with van der Waals surface area (Å²) in [4.78, 5) is 11.9. The van der Waals surface area contributed by atoms with Crippen molar-refractivity contribution >= 4 is 11.9 Å². The largest absolute Gasteiger partial charge is 0.489 e. The predicted molar refractivity (Wildman–Crippen MR) is 90.7 cm³/mol. The summed E-state index contributed by atoms with van der Waals surface area (Å²) in [5, 5.41) is 0. The molecule has 0 atom stereocenters. The third-order valence-electron chi connectivity index (χ3n) is 3.27. The SMILES string of the molecule is CC(C)(C)C(=O)/C=C/c1cccc(OCc2ccccc2)c1. The number of hydrogen-bond acceptors (Lipinski definition) is 2. The third-order valence-corrected chi connectivity index (χ3v) is 3.27. The first-order chi connectivity index (χ1) is 10.4. The molecule has 0 radical (unpaired) electrons. The van der Waals surface area contributed by atoms with Crippen molar-refractivity contribution in [2.75, 3.05) is 0 Å². The van der Waals surface area contributed by atoms with Crippen LogP contribution in [-0.4, -0.2) is 5.78 Å². The van der Waals surface area contributed by atoms with E-state index in [-0.39, 0.29) is 11.2 Å². The molecule has 0 N–H and O–H groups in total. The fourth-order valence-corrected chi connectivity index (χ4v) is 1.87. The van der Waals surface area contributed by atoms with Crippen LogP contribution in [0.4, 0.5) is 0 Å². The number of allylic oxidation sites excluding steroid dienone is 1. The Morgan fingerprint density at radius 3 is 2.45 bits per heavy atom. The number of carbonyl (C=O) groups excluding carboxylic acids is 1. The highest BCUT2D eigenvalue weighted by atomic mass is 16.5. The molecular formula is C20H22O2. The molecule has 2 aromatic carbocycles. The molecule has 0 heterocycles.